The van der Waals surface area contributed by atoms with E-state index in [4.69, 9.17) is 0 Å². The zero-order chi connectivity index (χ0) is 17.0. The summed E-state index contributed by atoms with van der Waals surface area (Å²) in [4.78, 5) is 23.6. The Kier molecular flexibility index (Phi) is 5.42. The summed E-state index contributed by atoms with van der Waals surface area (Å²) in [6.45, 7) is 3.82. The van der Waals surface area contributed by atoms with Gasteiger partial charge in [-0.3, -0.25) is 4.79 Å². The highest BCUT2D eigenvalue weighted by atomic mass is 16.4. The van der Waals surface area contributed by atoms with Gasteiger partial charge < -0.3 is 15.5 Å². The maximum Gasteiger partial charge on any atom is 0.326 e. The van der Waals surface area contributed by atoms with E-state index in [1.54, 1.807) is 0 Å². The van der Waals surface area contributed by atoms with Crippen molar-refractivity contribution < 1.29 is 19.8 Å². The monoisotopic (exact) mass is 319 g/mol. The predicted molar refractivity (Wildman–Crippen MR) is 86.7 cm³/mol. The molecule has 0 radical (unpaired) electrons. The molecule has 0 aliphatic heterocycles. The van der Waals surface area contributed by atoms with Crippen LogP contribution in [0, 0.1) is 11.8 Å². The van der Waals surface area contributed by atoms with Crippen molar-refractivity contribution >= 4 is 11.9 Å². The van der Waals surface area contributed by atoms with E-state index in [2.05, 4.69) is 5.32 Å². The second kappa shape index (κ2) is 7.13. The van der Waals surface area contributed by atoms with Crippen LogP contribution in [0.4, 0.5) is 0 Å². The number of aliphatic carboxylic acids is 1. The van der Waals surface area contributed by atoms with Gasteiger partial charge in [-0.2, -0.15) is 0 Å². The first kappa shape index (κ1) is 17.5. The van der Waals surface area contributed by atoms with Gasteiger partial charge in [0.1, 0.15) is 11.6 Å². The Balaban J connectivity index is 2.08. The van der Waals surface area contributed by atoms with Gasteiger partial charge in [0.05, 0.1) is 6.42 Å². The van der Waals surface area contributed by atoms with Gasteiger partial charge in [0.15, 0.2) is 0 Å². The molecule has 0 aromatic heterocycles. The molecule has 1 fully saturated rings. The van der Waals surface area contributed by atoms with Crippen LogP contribution in [0.15, 0.2) is 30.3 Å². The van der Waals surface area contributed by atoms with Crippen molar-refractivity contribution in [3.63, 3.8) is 0 Å². The number of nitrogens with one attached hydrogen (secondary N) is 1. The van der Waals surface area contributed by atoms with Crippen LogP contribution in [-0.4, -0.2) is 28.1 Å². The number of carboxylic acid groups (broad SMARTS) is 1. The summed E-state index contributed by atoms with van der Waals surface area (Å²) in [7, 11) is 0. The molecule has 2 atom stereocenters. The molecule has 0 spiro atoms. The molecule has 1 aromatic rings. The normalized spacial score (nSPS) is 18.3. The topological polar surface area (TPSA) is 86.6 Å². The van der Waals surface area contributed by atoms with E-state index in [1.165, 1.54) is 0 Å². The van der Waals surface area contributed by atoms with Crippen molar-refractivity contribution in [1.82, 2.24) is 5.32 Å². The number of hydrogen-bond acceptors (Lipinski definition) is 3. The molecule has 1 saturated carbocycles. The molecule has 5 heteroatoms. The minimum absolute atomic E-state index is 0.0593. The maximum atomic E-state index is 12.3. The number of carbonyl (C=O) groups is 2. The first-order chi connectivity index (χ1) is 10.8. The Morgan fingerprint density at radius 1 is 1.26 bits per heavy atom. The van der Waals surface area contributed by atoms with Crippen molar-refractivity contribution in [2.45, 2.75) is 51.2 Å². The molecule has 2 rings (SSSR count). The molecule has 1 aliphatic rings. The standard InChI is InChI=1S/C18H25NO4/c1-12(2)10-15(17(21)22)19-16(20)11-18(23,14-8-9-14)13-6-4-3-5-7-13/h3-7,12,14-15,23H,8-11H2,1-2H3,(H,19,20)(H,21,22)/t15-,18?/m1/s1. The number of rotatable bonds is 8. The molecule has 3 N–H and O–H groups in total. The second-order valence-corrected chi connectivity index (χ2v) is 6.83. The third kappa shape index (κ3) is 4.55. The Bertz CT molecular complexity index is 553. The third-order valence-electron chi connectivity index (χ3n) is 4.30. The summed E-state index contributed by atoms with van der Waals surface area (Å²) in [5.74, 6) is -1.24. The minimum atomic E-state index is -1.22. The van der Waals surface area contributed by atoms with Crippen molar-refractivity contribution in [3.05, 3.63) is 35.9 Å². The number of carboxylic acids is 1. The zero-order valence-corrected chi connectivity index (χ0v) is 13.7. The van der Waals surface area contributed by atoms with E-state index in [0.717, 1.165) is 12.8 Å². The van der Waals surface area contributed by atoms with Crippen LogP contribution in [-0.2, 0) is 15.2 Å². The molecule has 126 valence electrons. The van der Waals surface area contributed by atoms with Gasteiger partial charge in [0.25, 0.3) is 0 Å². The first-order valence-electron chi connectivity index (χ1n) is 8.13. The maximum absolute atomic E-state index is 12.3. The van der Waals surface area contributed by atoms with Crippen LogP contribution in [0.25, 0.3) is 0 Å². The average Bonchev–Trinajstić information content (AvgIpc) is 3.31. The van der Waals surface area contributed by atoms with E-state index in [-0.39, 0.29) is 18.3 Å². The van der Waals surface area contributed by atoms with Crippen LogP contribution in [0.5, 0.6) is 0 Å². The summed E-state index contributed by atoms with van der Waals surface area (Å²) < 4.78 is 0. The minimum Gasteiger partial charge on any atom is -0.480 e. The molecule has 23 heavy (non-hydrogen) atoms. The van der Waals surface area contributed by atoms with Gasteiger partial charge in [0, 0.05) is 0 Å². The lowest BCUT2D eigenvalue weighted by atomic mass is 9.85. The van der Waals surface area contributed by atoms with E-state index in [1.807, 2.05) is 44.2 Å². The van der Waals surface area contributed by atoms with Crippen molar-refractivity contribution in [3.8, 4) is 0 Å². The summed E-state index contributed by atoms with van der Waals surface area (Å²) in [5.41, 5.74) is -0.500. The van der Waals surface area contributed by atoms with Gasteiger partial charge >= 0.3 is 5.97 Å². The van der Waals surface area contributed by atoms with Crippen LogP contribution >= 0.6 is 0 Å². The van der Waals surface area contributed by atoms with Crippen LogP contribution in [0.2, 0.25) is 0 Å². The summed E-state index contributed by atoms with van der Waals surface area (Å²) in [5, 5.41) is 22.8. The molecule has 1 aliphatic carbocycles. The third-order valence-corrected chi connectivity index (χ3v) is 4.30. The van der Waals surface area contributed by atoms with E-state index < -0.39 is 23.5 Å². The van der Waals surface area contributed by atoms with Crippen molar-refractivity contribution in [2.24, 2.45) is 11.8 Å². The molecular weight excluding hydrogens is 294 g/mol. The quantitative estimate of drug-likeness (QED) is 0.686. The van der Waals surface area contributed by atoms with E-state index in [0.29, 0.717) is 12.0 Å². The van der Waals surface area contributed by atoms with Crippen LogP contribution < -0.4 is 5.32 Å². The Morgan fingerprint density at radius 2 is 1.87 bits per heavy atom. The molecule has 5 nitrogen and oxygen atoms in total. The highest BCUT2D eigenvalue weighted by Gasteiger charge is 2.46. The zero-order valence-electron chi connectivity index (χ0n) is 13.7. The fourth-order valence-electron chi connectivity index (χ4n) is 2.95. The Morgan fingerprint density at radius 3 is 2.35 bits per heavy atom. The largest absolute Gasteiger partial charge is 0.480 e. The molecule has 0 heterocycles. The molecule has 1 amide bonds. The predicted octanol–water partition coefficient (Wildman–Crippen LogP) is 2.29. The number of carbonyl (C=O) groups excluding carboxylic acids is 1. The van der Waals surface area contributed by atoms with Gasteiger partial charge in [-0.25, -0.2) is 4.79 Å². The van der Waals surface area contributed by atoms with Gasteiger partial charge in [-0.15, -0.1) is 0 Å². The average molecular weight is 319 g/mol. The fourth-order valence-corrected chi connectivity index (χ4v) is 2.95. The van der Waals surface area contributed by atoms with E-state index >= 15 is 0 Å². The lowest BCUT2D eigenvalue weighted by Crippen LogP contribution is -2.45. The van der Waals surface area contributed by atoms with Crippen LogP contribution in [0.3, 0.4) is 0 Å². The molecule has 1 unspecified atom stereocenters. The first-order valence-corrected chi connectivity index (χ1v) is 8.13. The second-order valence-electron chi connectivity index (χ2n) is 6.83. The Hall–Kier alpha value is -1.88. The smallest absolute Gasteiger partial charge is 0.326 e. The van der Waals surface area contributed by atoms with Gasteiger partial charge in [-0.1, -0.05) is 44.2 Å². The summed E-state index contributed by atoms with van der Waals surface area (Å²) in [6, 6.07) is 8.24. The highest BCUT2D eigenvalue weighted by Crippen LogP contribution is 2.47. The van der Waals surface area contributed by atoms with Crippen molar-refractivity contribution in [1.29, 1.82) is 0 Å². The molecule has 0 bridgehead atoms. The summed E-state index contributed by atoms with van der Waals surface area (Å²) in [6.07, 6.45) is 2.03. The fraction of sp³-hybridized carbons (Fsp3) is 0.556. The molecule has 1 aromatic carbocycles. The van der Waals surface area contributed by atoms with Gasteiger partial charge in [-0.05, 0) is 36.7 Å². The van der Waals surface area contributed by atoms with Crippen LogP contribution in [0.1, 0.15) is 45.1 Å². The summed E-state index contributed by atoms with van der Waals surface area (Å²) >= 11 is 0. The highest BCUT2D eigenvalue weighted by molar-refractivity contribution is 5.84. The molecular formula is C18H25NO4. The number of amides is 1. The molecule has 0 saturated heterocycles. The number of hydrogen-bond donors (Lipinski definition) is 3. The lowest BCUT2D eigenvalue weighted by Gasteiger charge is -2.29. The van der Waals surface area contributed by atoms with Gasteiger partial charge in [0.2, 0.25) is 5.91 Å². The van der Waals surface area contributed by atoms with E-state index in [9.17, 15) is 19.8 Å². The number of benzene rings is 1. The SMILES string of the molecule is CC(C)C[C@@H](NC(=O)CC(O)(c1ccccc1)C1CC1)C(=O)O. The lowest BCUT2D eigenvalue weighted by molar-refractivity contribution is -0.143. The number of aliphatic hydroxyl groups is 1. The van der Waals surface area contributed by atoms with Crippen molar-refractivity contribution in [2.75, 3.05) is 0 Å². The Labute approximate surface area is 136 Å².